The molecule has 0 saturated carbocycles. The van der Waals surface area contributed by atoms with Crippen LogP contribution in [0, 0.1) is 11.6 Å². The molecule has 0 bridgehead atoms. The molecule has 1 N–H and O–H groups in total. The topological polar surface area (TPSA) is 98.9 Å². The first-order valence-corrected chi connectivity index (χ1v) is 14.0. The molecular weight excluding hydrogens is 572 g/mol. The van der Waals surface area contributed by atoms with Gasteiger partial charge in [-0.2, -0.15) is 5.10 Å². The van der Waals surface area contributed by atoms with Crippen LogP contribution in [0.25, 0.3) is 22.5 Å². The number of alkyl halides is 2. The molecule has 0 radical (unpaired) electrons. The highest BCUT2D eigenvalue weighted by Crippen LogP contribution is 2.53. The third-order valence-electron chi connectivity index (χ3n) is 7.55. The summed E-state index contributed by atoms with van der Waals surface area (Å²) in [5.41, 5.74) is -1.86. The first-order valence-electron chi connectivity index (χ1n) is 14.0. The van der Waals surface area contributed by atoms with E-state index < -0.39 is 58.7 Å². The van der Waals surface area contributed by atoms with Crippen molar-refractivity contribution in [2.75, 3.05) is 26.9 Å². The number of amides is 1. The van der Waals surface area contributed by atoms with E-state index in [2.05, 4.69) is 10.1 Å². The summed E-state index contributed by atoms with van der Waals surface area (Å²) in [7, 11) is 1.41. The lowest BCUT2D eigenvalue weighted by Gasteiger charge is -2.38. The Morgan fingerprint density at radius 1 is 1.14 bits per heavy atom. The number of pyridine rings is 1. The van der Waals surface area contributed by atoms with Crippen molar-refractivity contribution in [1.29, 1.82) is 0 Å². The number of carbonyl (C=O) groups is 1. The number of methoxy groups -OCH3 is 1. The Bertz CT molecular complexity index is 1570. The molecule has 1 aliphatic carbocycles. The van der Waals surface area contributed by atoms with Crippen LogP contribution in [0.1, 0.15) is 69.9 Å². The van der Waals surface area contributed by atoms with Gasteiger partial charge in [0.15, 0.2) is 0 Å². The van der Waals surface area contributed by atoms with E-state index in [4.69, 9.17) is 14.2 Å². The Morgan fingerprint density at radius 3 is 2.53 bits per heavy atom. The zero-order chi connectivity index (χ0) is 31.4. The number of ether oxygens (including phenoxy) is 3. The maximum absolute atomic E-state index is 15.7. The summed E-state index contributed by atoms with van der Waals surface area (Å²) in [6.07, 6.45) is -1.36. The Labute approximate surface area is 246 Å². The first kappa shape index (κ1) is 30.6. The standard InChI is InChI=1S/C30H34F4N4O5/c1-15-14-37(28(40)43-29(3,4)5)16(2)21-13-20(36-38(15)21)26-24(25-18(27(39)35-26)7-8-30(25,33)34)23-19(32)11-17(31)12-22(23)42-10-9-41-6/h11-13,15-16H,7-10,14H2,1-6H3,(H,35,39)/t15-,16+/m0/s1. The highest BCUT2D eigenvalue weighted by Gasteiger charge is 2.46. The molecule has 2 atom stereocenters. The third-order valence-corrected chi connectivity index (χ3v) is 7.55. The largest absolute Gasteiger partial charge is 0.493 e. The number of hydrogen-bond acceptors (Lipinski definition) is 7. The minimum atomic E-state index is -3.46. The van der Waals surface area contributed by atoms with E-state index >= 15 is 13.2 Å². The van der Waals surface area contributed by atoms with Gasteiger partial charge in [0.25, 0.3) is 5.92 Å². The van der Waals surface area contributed by atoms with Gasteiger partial charge >= 0.3 is 6.09 Å². The van der Waals surface area contributed by atoms with Crippen LogP contribution in [-0.4, -0.2) is 63.3 Å². The second-order valence-electron chi connectivity index (χ2n) is 11.9. The molecule has 2 aromatic heterocycles. The van der Waals surface area contributed by atoms with E-state index in [0.29, 0.717) is 11.8 Å². The van der Waals surface area contributed by atoms with Gasteiger partial charge in [-0.05, 0) is 47.1 Å². The van der Waals surface area contributed by atoms with Crippen molar-refractivity contribution in [1.82, 2.24) is 19.7 Å². The van der Waals surface area contributed by atoms with Gasteiger partial charge in [0.1, 0.15) is 41.0 Å². The summed E-state index contributed by atoms with van der Waals surface area (Å²) in [5, 5.41) is 15.4. The van der Waals surface area contributed by atoms with Crippen molar-refractivity contribution in [3.8, 4) is 34.1 Å². The fraction of sp³-hybridized carbons (Fsp3) is 0.500. The van der Waals surface area contributed by atoms with Crippen LogP contribution in [-0.2, 0) is 21.8 Å². The predicted molar refractivity (Wildman–Crippen MR) is 148 cm³/mol. The number of fused-ring (bicyclic) bond motifs is 2. The van der Waals surface area contributed by atoms with Crippen LogP contribution in [0.5, 0.6) is 11.6 Å². The quantitative estimate of drug-likeness (QED) is 0.252. The van der Waals surface area contributed by atoms with E-state index in [1.807, 2.05) is 6.92 Å². The number of aromatic nitrogens is 3. The molecule has 3 heterocycles. The molecule has 5 rings (SSSR count). The molecule has 1 amide bonds. The molecule has 2 aliphatic rings. The van der Waals surface area contributed by atoms with Gasteiger partial charge in [-0.1, -0.05) is 0 Å². The average Bonchev–Trinajstić information content (AvgIpc) is 3.48. The van der Waals surface area contributed by atoms with E-state index in [9.17, 15) is 14.3 Å². The number of hydrogen-bond donors (Lipinski definition) is 1. The minimum absolute atomic E-state index is 0.0575. The summed E-state index contributed by atoms with van der Waals surface area (Å²) in [6.45, 7) is 9.10. The van der Waals surface area contributed by atoms with Crippen molar-refractivity contribution in [3.05, 3.63) is 46.7 Å². The van der Waals surface area contributed by atoms with Crippen LogP contribution in [0.2, 0.25) is 0 Å². The average molecular weight is 607 g/mol. The molecule has 9 nitrogen and oxygen atoms in total. The van der Waals surface area contributed by atoms with Crippen molar-refractivity contribution in [3.63, 3.8) is 0 Å². The van der Waals surface area contributed by atoms with Crippen LogP contribution in [0.15, 0.2) is 18.2 Å². The normalized spacial score (nSPS) is 19.3. The number of halogens is 4. The Balaban J connectivity index is 1.72. The SMILES string of the molecule is COCCOc1cc(F)cc(F)c1-c1c(-c2cc3n(n2)[C@@H](C)CN(C(=O)OC(C)(C)C)[C@@H]3C)nc(O)c2c1C(F)(F)CC2. The van der Waals surface area contributed by atoms with E-state index in [-0.39, 0.29) is 60.5 Å². The summed E-state index contributed by atoms with van der Waals surface area (Å²) in [6, 6.07) is 2.17. The molecule has 0 saturated heterocycles. The Morgan fingerprint density at radius 2 is 1.86 bits per heavy atom. The molecule has 232 valence electrons. The molecule has 43 heavy (non-hydrogen) atoms. The molecule has 0 unspecified atom stereocenters. The van der Waals surface area contributed by atoms with Gasteiger partial charge in [0.2, 0.25) is 5.88 Å². The van der Waals surface area contributed by atoms with E-state index in [1.54, 1.807) is 43.3 Å². The monoisotopic (exact) mass is 606 g/mol. The molecule has 1 aliphatic heterocycles. The highest BCUT2D eigenvalue weighted by molar-refractivity contribution is 5.88. The van der Waals surface area contributed by atoms with Crippen LogP contribution in [0.4, 0.5) is 22.4 Å². The fourth-order valence-corrected chi connectivity index (χ4v) is 5.65. The second kappa shape index (κ2) is 11.0. The van der Waals surface area contributed by atoms with Crippen molar-refractivity contribution in [2.24, 2.45) is 0 Å². The fourth-order valence-electron chi connectivity index (χ4n) is 5.65. The highest BCUT2D eigenvalue weighted by atomic mass is 19.3. The van der Waals surface area contributed by atoms with Gasteiger partial charge in [-0.3, -0.25) is 9.58 Å². The Hall–Kier alpha value is -3.87. The number of carbonyl (C=O) groups excluding carboxylic acids is 1. The lowest BCUT2D eigenvalue weighted by atomic mass is 9.91. The number of nitrogens with zero attached hydrogens (tertiary/aromatic N) is 4. The van der Waals surface area contributed by atoms with Gasteiger partial charge in [-0.15, -0.1) is 0 Å². The van der Waals surface area contributed by atoms with Crippen molar-refractivity contribution in [2.45, 2.75) is 71.1 Å². The Kier molecular flexibility index (Phi) is 7.82. The maximum Gasteiger partial charge on any atom is 0.410 e. The molecule has 1 aromatic carbocycles. The van der Waals surface area contributed by atoms with Crippen molar-refractivity contribution < 1.29 is 41.7 Å². The maximum atomic E-state index is 15.7. The number of benzene rings is 1. The molecule has 3 aromatic rings. The van der Waals surface area contributed by atoms with E-state index in [1.165, 1.54) is 7.11 Å². The van der Waals surface area contributed by atoms with Crippen LogP contribution < -0.4 is 4.74 Å². The summed E-state index contributed by atoms with van der Waals surface area (Å²) in [5.74, 6) is -6.52. The predicted octanol–water partition coefficient (Wildman–Crippen LogP) is 6.53. The van der Waals surface area contributed by atoms with Crippen LogP contribution in [0.3, 0.4) is 0 Å². The van der Waals surface area contributed by atoms with Crippen LogP contribution >= 0.6 is 0 Å². The zero-order valence-electron chi connectivity index (χ0n) is 24.8. The second-order valence-corrected chi connectivity index (χ2v) is 11.9. The lowest BCUT2D eigenvalue weighted by molar-refractivity contribution is -0.00139. The smallest absolute Gasteiger partial charge is 0.410 e. The van der Waals surface area contributed by atoms with E-state index in [0.717, 1.165) is 6.07 Å². The molecule has 13 heteroatoms. The van der Waals surface area contributed by atoms with Crippen molar-refractivity contribution >= 4 is 6.09 Å². The van der Waals surface area contributed by atoms with Gasteiger partial charge in [0.05, 0.1) is 29.9 Å². The number of aromatic hydroxyl groups is 1. The molecule has 0 spiro atoms. The first-order chi connectivity index (χ1) is 20.1. The minimum Gasteiger partial charge on any atom is -0.493 e. The number of rotatable bonds is 6. The van der Waals surface area contributed by atoms with Gasteiger partial charge in [0, 0.05) is 48.9 Å². The summed E-state index contributed by atoms with van der Waals surface area (Å²) >= 11 is 0. The van der Waals surface area contributed by atoms with Gasteiger partial charge in [-0.25, -0.2) is 27.3 Å². The zero-order valence-corrected chi connectivity index (χ0v) is 24.8. The summed E-state index contributed by atoms with van der Waals surface area (Å²) in [4.78, 5) is 18.8. The third kappa shape index (κ3) is 5.62. The summed E-state index contributed by atoms with van der Waals surface area (Å²) < 4.78 is 79.0. The van der Waals surface area contributed by atoms with Gasteiger partial charge < -0.3 is 19.3 Å². The molecular formula is C30H34F4N4O5. The lowest BCUT2D eigenvalue weighted by Crippen LogP contribution is -2.45. The molecule has 0 fully saturated rings.